The molecular weight excluding hydrogens is 260 g/mol. The van der Waals surface area contributed by atoms with Crippen molar-refractivity contribution >= 4 is 12.1 Å². The largest absolute Gasteiger partial charge is 0.481 e. The Balaban J connectivity index is 2.03. The van der Waals surface area contributed by atoms with Crippen molar-refractivity contribution < 1.29 is 19.4 Å². The fraction of sp³-hybridized carbons (Fsp3) is 0.857. The van der Waals surface area contributed by atoms with Crippen LogP contribution in [0.15, 0.2) is 0 Å². The van der Waals surface area contributed by atoms with Gasteiger partial charge in [-0.2, -0.15) is 0 Å². The molecule has 1 amide bonds. The minimum absolute atomic E-state index is 0.148. The number of hydrogen-bond donors (Lipinski definition) is 2. The van der Waals surface area contributed by atoms with Crippen molar-refractivity contribution in [2.45, 2.75) is 44.7 Å². The zero-order valence-corrected chi connectivity index (χ0v) is 12.2. The van der Waals surface area contributed by atoms with Gasteiger partial charge in [0.05, 0.1) is 13.0 Å². The predicted octanol–water partition coefficient (Wildman–Crippen LogP) is 1.31. The molecule has 0 bridgehead atoms. The summed E-state index contributed by atoms with van der Waals surface area (Å²) in [6.07, 6.45) is 3.49. The third-order valence-corrected chi connectivity index (χ3v) is 4.39. The topological polar surface area (TPSA) is 78.9 Å². The van der Waals surface area contributed by atoms with E-state index in [-0.39, 0.29) is 6.04 Å². The first-order valence-corrected chi connectivity index (χ1v) is 7.36. The Morgan fingerprint density at radius 1 is 1.40 bits per heavy atom. The van der Waals surface area contributed by atoms with Gasteiger partial charge in [-0.1, -0.05) is 6.92 Å². The molecule has 2 rings (SSSR count). The molecule has 3 unspecified atom stereocenters. The molecule has 3 atom stereocenters. The van der Waals surface area contributed by atoms with Crippen molar-refractivity contribution in [2.75, 3.05) is 20.2 Å². The van der Waals surface area contributed by atoms with E-state index in [1.807, 2.05) is 0 Å². The van der Waals surface area contributed by atoms with E-state index in [4.69, 9.17) is 0 Å². The Morgan fingerprint density at radius 3 is 2.60 bits per heavy atom. The number of carboxylic acids is 1. The number of nitrogens with zero attached hydrogens (tertiary/aromatic N) is 1. The van der Waals surface area contributed by atoms with Gasteiger partial charge in [-0.15, -0.1) is 0 Å². The maximum atomic E-state index is 11.3. The van der Waals surface area contributed by atoms with E-state index in [9.17, 15) is 14.7 Å². The Hall–Kier alpha value is -1.30. The highest BCUT2D eigenvalue weighted by molar-refractivity contribution is 5.71. The Bertz CT molecular complexity index is 370. The van der Waals surface area contributed by atoms with Crippen LogP contribution in [0.4, 0.5) is 4.79 Å². The Morgan fingerprint density at radius 2 is 2.10 bits per heavy atom. The molecule has 2 fully saturated rings. The van der Waals surface area contributed by atoms with Crippen molar-refractivity contribution in [3.05, 3.63) is 0 Å². The van der Waals surface area contributed by atoms with Crippen LogP contribution in [0.1, 0.15) is 32.6 Å². The number of likely N-dealkylation sites (tertiary alicyclic amines) is 1. The molecule has 0 spiro atoms. The number of carbonyl (C=O) groups excluding carboxylic acids is 1. The number of carboxylic acid groups (broad SMARTS) is 1. The van der Waals surface area contributed by atoms with Crippen LogP contribution < -0.4 is 5.32 Å². The van der Waals surface area contributed by atoms with Crippen LogP contribution in [0.3, 0.4) is 0 Å². The summed E-state index contributed by atoms with van der Waals surface area (Å²) in [6.45, 7) is 3.45. The summed E-state index contributed by atoms with van der Waals surface area (Å²) in [4.78, 5) is 24.9. The number of amides is 1. The first-order chi connectivity index (χ1) is 9.55. The summed E-state index contributed by atoms with van der Waals surface area (Å²) < 4.78 is 4.61. The quantitative estimate of drug-likeness (QED) is 0.795. The predicted molar refractivity (Wildman–Crippen MR) is 73.4 cm³/mol. The summed E-state index contributed by atoms with van der Waals surface area (Å²) in [5.41, 5.74) is 0. The Labute approximate surface area is 119 Å². The fourth-order valence-corrected chi connectivity index (χ4v) is 3.28. The summed E-state index contributed by atoms with van der Waals surface area (Å²) >= 11 is 0. The van der Waals surface area contributed by atoms with E-state index in [0.29, 0.717) is 31.5 Å². The number of hydrogen-bond acceptors (Lipinski definition) is 4. The van der Waals surface area contributed by atoms with Gasteiger partial charge < -0.3 is 15.2 Å². The molecule has 1 aliphatic carbocycles. The highest BCUT2D eigenvalue weighted by Crippen LogP contribution is 2.38. The molecule has 6 nitrogen and oxygen atoms in total. The summed E-state index contributed by atoms with van der Waals surface area (Å²) in [6, 6.07) is 0.296. The van der Waals surface area contributed by atoms with E-state index in [2.05, 4.69) is 21.9 Å². The molecule has 0 aromatic rings. The number of methoxy groups -OCH3 is 1. The minimum Gasteiger partial charge on any atom is -0.481 e. The lowest BCUT2D eigenvalue weighted by atomic mass is 9.91. The van der Waals surface area contributed by atoms with E-state index in [0.717, 1.165) is 6.42 Å². The fourth-order valence-electron chi connectivity index (χ4n) is 3.28. The maximum Gasteiger partial charge on any atom is 0.407 e. The molecule has 114 valence electrons. The molecule has 1 heterocycles. The number of alkyl carbamates (subject to hydrolysis) is 1. The lowest BCUT2D eigenvalue weighted by Gasteiger charge is -2.40. The number of nitrogens with one attached hydrogen (secondary N) is 1. The molecule has 1 saturated carbocycles. The third kappa shape index (κ3) is 3.62. The van der Waals surface area contributed by atoms with Crippen LogP contribution in [0.2, 0.25) is 0 Å². The number of carbonyl (C=O) groups is 2. The normalized spacial score (nSPS) is 28.7. The molecule has 6 heteroatoms. The van der Waals surface area contributed by atoms with E-state index < -0.39 is 18.0 Å². The second kappa shape index (κ2) is 6.43. The molecule has 0 aromatic carbocycles. The lowest BCUT2D eigenvalue weighted by Crippen LogP contribution is -2.55. The van der Waals surface area contributed by atoms with Crippen LogP contribution >= 0.6 is 0 Å². The molecule has 1 saturated heterocycles. The van der Waals surface area contributed by atoms with Crippen LogP contribution in [0.5, 0.6) is 0 Å². The molecular formula is C14H24N2O4. The van der Waals surface area contributed by atoms with Gasteiger partial charge in [-0.05, 0) is 31.6 Å². The average Bonchev–Trinajstić information content (AvgIpc) is 3.23. The van der Waals surface area contributed by atoms with Gasteiger partial charge in [0.25, 0.3) is 0 Å². The zero-order valence-electron chi connectivity index (χ0n) is 12.2. The van der Waals surface area contributed by atoms with Crippen molar-refractivity contribution in [1.82, 2.24) is 10.2 Å². The van der Waals surface area contributed by atoms with E-state index in [1.54, 1.807) is 0 Å². The third-order valence-electron chi connectivity index (χ3n) is 4.39. The number of rotatable bonds is 5. The molecule has 0 radical (unpaired) electrons. The minimum atomic E-state index is -0.781. The summed E-state index contributed by atoms with van der Waals surface area (Å²) in [5, 5.41) is 12.1. The monoisotopic (exact) mass is 284 g/mol. The highest BCUT2D eigenvalue weighted by atomic mass is 16.5. The van der Waals surface area contributed by atoms with Gasteiger partial charge >= 0.3 is 12.1 Å². The SMILES string of the molecule is CCC(C1CC1)N1CC(NC(=O)OC)CC(C(=O)O)C1. The number of piperidine rings is 1. The first kappa shape index (κ1) is 15.1. The smallest absolute Gasteiger partial charge is 0.407 e. The second-order valence-electron chi connectivity index (χ2n) is 5.87. The van der Waals surface area contributed by atoms with Crippen molar-refractivity contribution in [3.8, 4) is 0 Å². The number of aliphatic carboxylic acids is 1. The lowest BCUT2D eigenvalue weighted by molar-refractivity contribution is -0.144. The first-order valence-electron chi connectivity index (χ1n) is 7.36. The standard InChI is InChI=1S/C14H24N2O4/c1-3-12(9-4-5-9)16-7-10(13(17)18)6-11(8-16)15-14(19)20-2/h9-12H,3-8H2,1-2H3,(H,15,19)(H,17,18). The second-order valence-corrected chi connectivity index (χ2v) is 5.87. The van der Waals surface area contributed by atoms with Gasteiger partial charge in [0.15, 0.2) is 0 Å². The van der Waals surface area contributed by atoms with Gasteiger partial charge in [-0.3, -0.25) is 9.69 Å². The molecule has 2 N–H and O–H groups in total. The van der Waals surface area contributed by atoms with Gasteiger partial charge in [-0.25, -0.2) is 4.79 Å². The molecule has 2 aliphatic rings. The summed E-state index contributed by atoms with van der Waals surface area (Å²) in [7, 11) is 1.32. The van der Waals surface area contributed by atoms with Crippen LogP contribution in [0, 0.1) is 11.8 Å². The molecule has 20 heavy (non-hydrogen) atoms. The van der Waals surface area contributed by atoms with Crippen LogP contribution in [0.25, 0.3) is 0 Å². The zero-order chi connectivity index (χ0) is 14.7. The van der Waals surface area contributed by atoms with Gasteiger partial charge in [0.1, 0.15) is 0 Å². The molecule has 1 aliphatic heterocycles. The molecule has 0 aromatic heterocycles. The summed E-state index contributed by atoms with van der Waals surface area (Å²) in [5.74, 6) is -0.498. The van der Waals surface area contributed by atoms with Gasteiger partial charge in [0.2, 0.25) is 0 Å². The van der Waals surface area contributed by atoms with Crippen LogP contribution in [-0.2, 0) is 9.53 Å². The average molecular weight is 284 g/mol. The van der Waals surface area contributed by atoms with E-state index in [1.165, 1.54) is 20.0 Å². The van der Waals surface area contributed by atoms with Crippen molar-refractivity contribution in [2.24, 2.45) is 11.8 Å². The van der Waals surface area contributed by atoms with Crippen molar-refractivity contribution in [3.63, 3.8) is 0 Å². The maximum absolute atomic E-state index is 11.3. The highest BCUT2D eigenvalue weighted by Gasteiger charge is 2.40. The van der Waals surface area contributed by atoms with Crippen molar-refractivity contribution in [1.29, 1.82) is 0 Å². The van der Waals surface area contributed by atoms with E-state index >= 15 is 0 Å². The van der Waals surface area contributed by atoms with Crippen LogP contribution in [-0.4, -0.2) is 54.4 Å². The number of ether oxygens (including phenoxy) is 1. The van der Waals surface area contributed by atoms with Gasteiger partial charge in [0, 0.05) is 25.2 Å². The Kier molecular flexibility index (Phi) is 4.86.